The molecule has 1 amide bonds. The Labute approximate surface area is 167 Å². The summed E-state index contributed by atoms with van der Waals surface area (Å²) in [5.74, 6) is -0.218. The number of carbonyl (C=O) groups is 1. The highest BCUT2D eigenvalue weighted by Crippen LogP contribution is 2.29. The van der Waals surface area contributed by atoms with Crippen molar-refractivity contribution in [2.75, 3.05) is 16.2 Å². The number of carbonyl (C=O) groups excluding carboxylic acids is 1. The van der Waals surface area contributed by atoms with Crippen molar-refractivity contribution in [3.05, 3.63) is 83.1 Å². The second-order valence-electron chi connectivity index (χ2n) is 6.36. The van der Waals surface area contributed by atoms with Crippen molar-refractivity contribution in [3.63, 3.8) is 0 Å². The van der Waals surface area contributed by atoms with E-state index in [4.69, 9.17) is 11.6 Å². The van der Waals surface area contributed by atoms with E-state index in [-0.39, 0.29) is 16.5 Å². The Morgan fingerprint density at radius 1 is 1.07 bits per heavy atom. The largest absolute Gasteiger partial charge is 0.308 e. The number of halogens is 1. The molecular formula is C20H16ClN3O3S. The van der Waals surface area contributed by atoms with Gasteiger partial charge in [-0.3, -0.25) is 14.5 Å². The third-order valence-corrected chi connectivity index (χ3v) is 6.14. The minimum absolute atomic E-state index is 0.0714. The van der Waals surface area contributed by atoms with Crippen LogP contribution >= 0.6 is 11.6 Å². The molecule has 1 aliphatic rings. The zero-order chi connectivity index (χ0) is 19.7. The molecule has 4 rings (SSSR count). The summed E-state index contributed by atoms with van der Waals surface area (Å²) in [5, 5.41) is 0.444. The van der Waals surface area contributed by atoms with Crippen molar-refractivity contribution in [1.82, 2.24) is 4.98 Å². The average molecular weight is 414 g/mol. The summed E-state index contributed by atoms with van der Waals surface area (Å²) in [6.45, 7) is 0.582. The lowest BCUT2D eigenvalue weighted by Gasteiger charge is -2.17. The number of benzene rings is 2. The maximum atomic E-state index is 12.9. The first-order valence-electron chi connectivity index (χ1n) is 8.57. The highest BCUT2D eigenvalue weighted by Gasteiger charge is 2.25. The van der Waals surface area contributed by atoms with Crippen LogP contribution in [0.25, 0.3) is 0 Å². The van der Waals surface area contributed by atoms with Crippen LogP contribution in [0.2, 0.25) is 5.02 Å². The van der Waals surface area contributed by atoms with Gasteiger partial charge >= 0.3 is 0 Å². The van der Waals surface area contributed by atoms with Crippen LogP contribution in [0.3, 0.4) is 0 Å². The highest BCUT2D eigenvalue weighted by molar-refractivity contribution is 7.92. The van der Waals surface area contributed by atoms with E-state index in [0.717, 1.165) is 17.7 Å². The van der Waals surface area contributed by atoms with Gasteiger partial charge in [-0.15, -0.1) is 0 Å². The van der Waals surface area contributed by atoms with Crippen molar-refractivity contribution in [1.29, 1.82) is 0 Å². The Balaban J connectivity index is 1.58. The van der Waals surface area contributed by atoms with Crippen molar-refractivity contribution in [2.45, 2.75) is 11.3 Å². The van der Waals surface area contributed by atoms with E-state index in [1.54, 1.807) is 4.90 Å². The van der Waals surface area contributed by atoms with Crippen LogP contribution in [-0.2, 0) is 16.4 Å². The highest BCUT2D eigenvalue weighted by atomic mass is 35.5. The maximum absolute atomic E-state index is 12.9. The van der Waals surface area contributed by atoms with Crippen LogP contribution in [0.15, 0.2) is 71.9 Å². The number of hydrogen-bond acceptors (Lipinski definition) is 4. The van der Waals surface area contributed by atoms with Gasteiger partial charge < -0.3 is 4.90 Å². The van der Waals surface area contributed by atoms with Gasteiger partial charge in [-0.1, -0.05) is 29.8 Å². The Bertz CT molecular complexity index is 1150. The standard InChI is InChI=1S/C20H16ClN3O3S/c21-16-5-7-18(8-6-16)28(26,27)23-17-11-15(12-22-13-17)20(25)24-10-9-14-3-1-2-4-19(14)24/h1-8,11-13,23H,9-10H2. The molecule has 8 heteroatoms. The zero-order valence-electron chi connectivity index (χ0n) is 14.7. The monoisotopic (exact) mass is 413 g/mol. The number of aromatic nitrogens is 1. The zero-order valence-corrected chi connectivity index (χ0v) is 16.2. The molecule has 0 bridgehead atoms. The molecule has 0 unspecified atom stereocenters. The molecule has 1 aromatic heterocycles. The van der Waals surface area contributed by atoms with E-state index in [2.05, 4.69) is 9.71 Å². The minimum atomic E-state index is -3.81. The van der Waals surface area contributed by atoms with Crippen molar-refractivity contribution in [3.8, 4) is 0 Å². The van der Waals surface area contributed by atoms with E-state index >= 15 is 0 Å². The first-order valence-corrected chi connectivity index (χ1v) is 10.4. The molecule has 6 nitrogen and oxygen atoms in total. The Kier molecular flexibility index (Phi) is 4.78. The fourth-order valence-electron chi connectivity index (χ4n) is 3.15. The summed E-state index contributed by atoms with van der Waals surface area (Å²) in [6.07, 6.45) is 3.59. The molecule has 0 atom stereocenters. The Morgan fingerprint density at radius 2 is 1.82 bits per heavy atom. The number of para-hydroxylation sites is 1. The number of anilines is 2. The van der Waals surface area contributed by atoms with Crippen LogP contribution < -0.4 is 9.62 Å². The fourth-order valence-corrected chi connectivity index (χ4v) is 4.31. The first-order chi connectivity index (χ1) is 13.4. The molecule has 1 N–H and O–H groups in total. The number of nitrogens with one attached hydrogen (secondary N) is 1. The summed E-state index contributed by atoms with van der Waals surface area (Å²) in [4.78, 5) is 18.7. The number of amides is 1. The van der Waals surface area contributed by atoms with E-state index in [1.165, 1.54) is 42.7 Å². The molecule has 28 heavy (non-hydrogen) atoms. The normalized spacial score (nSPS) is 13.2. The van der Waals surface area contributed by atoms with Crippen LogP contribution in [0.1, 0.15) is 15.9 Å². The molecule has 3 aromatic rings. The van der Waals surface area contributed by atoms with E-state index < -0.39 is 10.0 Å². The number of hydrogen-bond donors (Lipinski definition) is 1. The molecule has 2 aromatic carbocycles. The van der Waals surface area contributed by atoms with Crippen LogP contribution in [0.5, 0.6) is 0 Å². The minimum Gasteiger partial charge on any atom is -0.308 e. The van der Waals surface area contributed by atoms with Gasteiger partial charge in [0, 0.05) is 23.5 Å². The lowest BCUT2D eigenvalue weighted by atomic mass is 10.2. The van der Waals surface area contributed by atoms with Gasteiger partial charge in [0.15, 0.2) is 0 Å². The van der Waals surface area contributed by atoms with Gasteiger partial charge in [-0.2, -0.15) is 0 Å². The van der Waals surface area contributed by atoms with Gasteiger partial charge in [0.2, 0.25) is 0 Å². The van der Waals surface area contributed by atoms with Crippen molar-refractivity contribution in [2.24, 2.45) is 0 Å². The van der Waals surface area contributed by atoms with Crippen molar-refractivity contribution < 1.29 is 13.2 Å². The molecule has 0 fully saturated rings. The molecule has 0 aliphatic carbocycles. The number of rotatable bonds is 4. The number of fused-ring (bicyclic) bond motifs is 1. The summed E-state index contributed by atoms with van der Waals surface area (Å²) in [5.41, 5.74) is 2.52. The molecule has 1 aliphatic heterocycles. The predicted octanol–water partition coefficient (Wildman–Crippen LogP) is 3.74. The summed E-state index contributed by atoms with van der Waals surface area (Å²) in [7, 11) is -3.81. The van der Waals surface area contributed by atoms with Crippen molar-refractivity contribution >= 4 is 38.9 Å². The molecular weight excluding hydrogens is 398 g/mol. The molecule has 142 valence electrons. The van der Waals surface area contributed by atoms with Gasteiger partial charge in [-0.25, -0.2) is 8.42 Å². The van der Waals surface area contributed by atoms with E-state index in [9.17, 15) is 13.2 Å². The Morgan fingerprint density at radius 3 is 2.61 bits per heavy atom. The SMILES string of the molecule is O=C(c1cncc(NS(=O)(=O)c2ccc(Cl)cc2)c1)N1CCc2ccccc21. The second kappa shape index (κ2) is 7.26. The molecule has 2 heterocycles. The van der Waals surface area contributed by atoms with E-state index in [0.29, 0.717) is 17.1 Å². The van der Waals surface area contributed by atoms with E-state index in [1.807, 2.05) is 24.3 Å². The lowest BCUT2D eigenvalue weighted by Crippen LogP contribution is -2.29. The van der Waals surface area contributed by atoms with Gasteiger partial charge in [0.1, 0.15) is 0 Å². The first kappa shape index (κ1) is 18.5. The van der Waals surface area contributed by atoms with Crippen LogP contribution in [0.4, 0.5) is 11.4 Å². The molecule has 0 radical (unpaired) electrons. The smallest absolute Gasteiger partial charge is 0.261 e. The summed E-state index contributed by atoms with van der Waals surface area (Å²) in [6, 6.07) is 15.0. The topological polar surface area (TPSA) is 79.4 Å². The van der Waals surface area contributed by atoms with Crippen LogP contribution in [0, 0.1) is 0 Å². The van der Waals surface area contributed by atoms with Crippen LogP contribution in [-0.4, -0.2) is 25.9 Å². The third kappa shape index (κ3) is 3.58. The number of pyridine rings is 1. The fraction of sp³-hybridized carbons (Fsp3) is 0.100. The quantitative estimate of drug-likeness (QED) is 0.706. The third-order valence-electron chi connectivity index (χ3n) is 4.49. The predicted molar refractivity (Wildman–Crippen MR) is 108 cm³/mol. The number of sulfonamides is 1. The van der Waals surface area contributed by atoms with Gasteiger partial charge in [-0.05, 0) is 48.4 Å². The summed E-state index contributed by atoms with van der Waals surface area (Å²) < 4.78 is 27.5. The second-order valence-corrected chi connectivity index (χ2v) is 8.48. The molecule has 0 saturated carbocycles. The van der Waals surface area contributed by atoms with Gasteiger partial charge in [0.25, 0.3) is 15.9 Å². The lowest BCUT2D eigenvalue weighted by molar-refractivity contribution is 0.0989. The van der Waals surface area contributed by atoms with Gasteiger partial charge in [0.05, 0.1) is 22.3 Å². The average Bonchev–Trinajstić information content (AvgIpc) is 3.12. The Hall–Kier alpha value is -2.90. The molecule has 0 spiro atoms. The maximum Gasteiger partial charge on any atom is 0.261 e. The number of nitrogens with zero attached hydrogens (tertiary/aromatic N) is 2. The molecule has 0 saturated heterocycles. The summed E-state index contributed by atoms with van der Waals surface area (Å²) >= 11 is 5.81.